The van der Waals surface area contributed by atoms with Crippen LogP contribution in [-0.4, -0.2) is 43.9 Å². The van der Waals surface area contributed by atoms with Crippen LogP contribution in [0.5, 0.6) is 0 Å². The van der Waals surface area contributed by atoms with Crippen molar-refractivity contribution in [2.45, 2.75) is 43.0 Å². The summed E-state index contributed by atoms with van der Waals surface area (Å²) in [5.74, 6) is 0.969. The fraction of sp³-hybridized carbons (Fsp3) is 0.500. The van der Waals surface area contributed by atoms with E-state index < -0.39 is 0 Å². The van der Waals surface area contributed by atoms with Crippen LogP contribution in [0.4, 0.5) is 0 Å². The minimum Gasteiger partial charge on any atom is -0.342 e. The molecule has 0 saturated carbocycles. The number of aromatic nitrogens is 3. The molecule has 1 saturated heterocycles. The number of nitrogens with zero attached hydrogens (tertiary/aromatic N) is 4. The lowest BCUT2D eigenvalue weighted by atomic mass is 10.2. The lowest BCUT2D eigenvalue weighted by Gasteiger charge is -2.23. The molecule has 1 aliphatic heterocycles. The third kappa shape index (κ3) is 4.36. The molecule has 1 aromatic carbocycles. The number of amides is 1. The van der Waals surface area contributed by atoms with Crippen LogP contribution in [0, 0.1) is 0 Å². The number of halogens is 1. The van der Waals surface area contributed by atoms with E-state index in [1.807, 2.05) is 47.7 Å². The van der Waals surface area contributed by atoms with Gasteiger partial charge in [0.05, 0.1) is 5.25 Å². The number of likely N-dealkylation sites (tertiary alicyclic amines) is 1. The van der Waals surface area contributed by atoms with Gasteiger partial charge in [-0.1, -0.05) is 36.2 Å². The number of thioether (sulfide) groups is 1. The van der Waals surface area contributed by atoms with Gasteiger partial charge in [-0.3, -0.25) is 4.79 Å². The number of benzene rings is 1. The van der Waals surface area contributed by atoms with Gasteiger partial charge in [-0.25, -0.2) is 0 Å². The summed E-state index contributed by atoms with van der Waals surface area (Å²) in [6, 6.07) is 7.52. The van der Waals surface area contributed by atoms with E-state index in [0.29, 0.717) is 5.02 Å². The predicted molar refractivity (Wildman–Crippen MR) is 102 cm³/mol. The van der Waals surface area contributed by atoms with Crippen LogP contribution >= 0.6 is 23.4 Å². The van der Waals surface area contributed by atoms with Crippen molar-refractivity contribution in [3.8, 4) is 11.4 Å². The standard InChI is InChI=1S/C18H23ClN4OS/c1-13(17(24)23-11-5-3-4-6-12-23)25-18-21-20-16(22(18)2)14-7-9-15(19)10-8-14/h7-10,13H,3-6,11-12H2,1-2H3/t13-/m1/s1. The second-order valence-corrected chi connectivity index (χ2v) is 8.12. The average molecular weight is 379 g/mol. The van der Waals surface area contributed by atoms with E-state index >= 15 is 0 Å². The highest BCUT2D eigenvalue weighted by molar-refractivity contribution is 8.00. The van der Waals surface area contributed by atoms with Crippen LogP contribution in [0.25, 0.3) is 11.4 Å². The Hall–Kier alpha value is -1.53. The Kier molecular flexibility index (Phi) is 6.02. The molecule has 0 unspecified atom stereocenters. The Morgan fingerprint density at radius 3 is 2.40 bits per heavy atom. The maximum Gasteiger partial charge on any atom is 0.235 e. The van der Waals surface area contributed by atoms with Crippen LogP contribution < -0.4 is 0 Å². The first-order valence-electron chi connectivity index (χ1n) is 8.67. The number of carbonyl (C=O) groups excluding carboxylic acids is 1. The molecule has 2 aromatic rings. The molecule has 25 heavy (non-hydrogen) atoms. The molecular weight excluding hydrogens is 356 g/mol. The Bertz CT molecular complexity index is 723. The molecule has 3 rings (SSSR count). The van der Waals surface area contributed by atoms with Crippen molar-refractivity contribution in [1.82, 2.24) is 19.7 Å². The Morgan fingerprint density at radius 2 is 1.76 bits per heavy atom. The average Bonchev–Trinajstić information content (AvgIpc) is 2.82. The van der Waals surface area contributed by atoms with Crippen molar-refractivity contribution in [2.24, 2.45) is 7.05 Å². The number of carbonyl (C=O) groups is 1. The van der Waals surface area contributed by atoms with Crippen molar-refractivity contribution in [1.29, 1.82) is 0 Å². The molecule has 0 radical (unpaired) electrons. The number of rotatable bonds is 4. The molecule has 0 spiro atoms. The third-order valence-electron chi connectivity index (χ3n) is 4.49. The largest absolute Gasteiger partial charge is 0.342 e. The molecule has 1 amide bonds. The first kappa shape index (κ1) is 18.3. The molecule has 1 aliphatic rings. The summed E-state index contributed by atoms with van der Waals surface area (Å²) < 4.78 is 1.93. The minimum absolute atomic E-state index is 0.168. The SMILES string of the molecule is C[C@@H](Sc1nnc(-c2ccc(Cl)cc2)n1C)C(=O)N1CCCCCC1. The van der Waals surface area contributed by atoms with Gasteiger partial charge >= 0.3 is 0 Å². The second-order valence-electron chi connectivity index (χ2n) is 6.37. The summed E-state index contributed by atoms with van der Waals surface area (Å²) in [4.78, 5) is 14.7. The molecule has 1 atom stereocenters. The molecule has 0 aliphatic carbocycles. The van der Waals surface area contributed by atoms with Gasteiger partial charge in [-0.2, -0.15) is 0 Å². The van der Waals surface area contributed by atoms with Crippen LogP contribution in [0.15, 0.2) is 29.4 Å². The van der Waals surface area contributed by atoms with Crippen molar-refractivity contribution >= 4 is 29.3 Å². The zero-order valence-electron chi connectivity index (χ0n) is 14.6. The first-order valence-corrected chi connectivity index (χ1v) is 9.93. The van der Waals surface area contributed by atoms with Crippen molar-refractivity contribution in [3.05, 3.63) is 29.3 Å². The van der Waals surface area contributed by atoms with Crippen molar-refractivity contribution < 1.29 is 4.79 Å². The molecule has 1 fully saturated rings. The van der Waals surface area contributed by atoms with E-state index in [9.17, 15) is 4.79 Å². The molecule has 2 heterocycles. The van der Waals surface area contributed by atoms with Crippen molar-refractivity contribution in [3.63, 3.8) is 0 Å². The molecule has 0 bridgehead atoms. The summed E-state index contributed by atoms with van der Waals surface area (Å²) in [5, 5.41) is 9.83. The van der Waals surface area contributed by atoms with Gasteiger partial charge in [0.2, 0.25) is 5.91 Å². The lowest BCUT2D eigenvalue weighted by Crippen LogP contribution is -2.37. The number of hydrogen-bond acceptors (Lipinski definition) is 4. The summed E-state index contributed by atoms with van der Waals surface area (Å²) in [6.45, 7) is 3.70. The maximum absolute atomic E-state index is 12.7. The lowest BCUT2D eigenvalue weighted by molar-refractivity contribution is -0.130. The summed E-state index contributed by atoms with van der Waals surface area (Å²) >= 11 is 7.41. The van der Waals surface area contributed by atoms with Crippen LogP contribution in [0.3, 0.4) is 0 Å². The monoisotopic (exact) mass is 378 g/mol. The highest BCUT2D eigenvalue weighted by atomic mass is 35.5. The smallest absolute Gasteiger partial charge is 0.235 e. The molecule has 0 N–H and O–H groups in total. The molecule has 7 heteroatoms. The van der Waals surface area contributed by atoms with Crippen LogP contribution in [0.1, 0.15) is 32.6 Å². The van der Waals surface area contributed by atoms with Crippen LogP contribution in [0.2, 0.25) is 5.02 Å². The van der Waals surface area contributed by atoms with Gasteiger partial charge in [0.15, 0.2) is 11.0 Å². The topological polar surface area (TPSA) is 51.0 Å². The quantitative estimate of drug-likeness (QED) is 0.754. The molecule has 1 aromatic heterocycles. The highest BCUT2D eigenvalue weighted by Crippen LogP contribution is 2.27. The Labute approximate surface area is 157 Å². The predicted octanol–water partition coefficient (Wildman–Crippen LogP) is 4.02. The fourth-order valence-corrected chi connectivity index (χ4v) is 4.05. The van der Waals surface area contributed by atoms with Gasteiger partial charge in [-0.05, 0) is 44.0 Å². The van der Waals surface area contributed by atoms with E-state index in [4.69, 9.17) is 11.6 Å². The van der Waals surface area contributed by atoms with Gasteiger partial charge in [0, 0.05) is 30.7 Å². The maximum atomic E-state index is 12.7. The van der Waals surface area contributed by atoms with E-state index in [0.717, 1.165) is 42.5 Å². The van der Waals surface area contributed by atoms with Gasteiger partial charge < -0.3 is 9.47 Å². The normalized spacial score (nSPS) is 16.5. The molecular formula is C18H23ClN4OS. The first-order chi connectivity index (χ1) is 12.1. The molecule has 5 nitrogen and oxygen atoms in total. The summed E-state index contributed by atoms with van der Waals surface area (Å²) in [6.07, 6.45) is 4.65. The van der Waals surface area contributed by atoms with Gasteiger partial charge in [-0.15, -0.1) is 10.2 Å². The Balaban J connectivity index is 1.70. The van der Waals surface area contributed by atoms with Crippen LogP contribution in [-0.2, 0) is 11.8 Å². The zero-order valence-corrected chi connectivity index (χ0v) is 16.2. The number of hydrogen-bond donors (Lipinski definition) is 0. The summed E-state index contributed by atoms with van der Waals surface area (Å²) in [7, 11) is 1.93. The third-order valence-corrected chi connectivity index (χ3v) is 5.86. The fourth-order valence-electron chi connectivity index (χ4n) is 3.02. The van der Waals surface area contributed by atoms with Gasteiger partial charge in [0.1, 0.15) is 0 Å². The van der Waals surface area contributed by atoms with E-state index in [1.165, 1.54) is 24.6 Å². The summed E-state index contributed by atoms with van der Waals surface area (Å²) in [5.41, 5.74) is 0.956. The second kappa shape index (κ2) is 8.23. The highest BCUT2D eigenvalue weighted by Gasteiger charge is 2.24. The van der Waals surface area contributed by atoms with Gasteiger partial charge in [0.25, 0.3) is 0 Å². The van der Waals surface area contributed by atoms with Crippen molar-refractivity contribution in [2.75, 3.05) is 13.1 Å². The Morgan fingerprint density at radius 1 is 1.12 bits per heavy atom. The zero-order chi connectivity index (χ0) is 17.8. The molecule has 134 valence electrons. The van der Waals surface area contributed by atoms with E-state index in [2.05, 4.69) is 10.2 Å². The minimum atomic E-state index is -0.168. The van der Waals surface area contributed by atoms with E-state index in [1.54, 1.807) is 0 Å². The van der Waals surface area contributed by atoms with E-state index in [-0.39, 0.29) is 11.2 Å².